The number of amides is 2. The van der Waals surface area contributed by atoms with Crippen molar-refractivity contribution < 1.29 is 9.59 Å². The Labute approximate surface area is 203 Å². The number of rotatable bonds is 10. The van der Waals surface area contributed by atoms with Crippen molar-refractivity contribution in [2.24, 2.45) is 5.92 Å². The van der Waals surface area contributed by atoms with Gasteiger partial charge < -0.3 is 10.2 Å². The first kappa shape index (κ1) is 25.9. The van der Waals surface area contributed by atoms with Crippen LogP contribution in [0.1, 0.15) is 31.9 Å². The first-order valence-electron chi connectivity index (χ1n) is 10.0. The topological polar surface area (TPSA) is 49.4 Å². The normalized spacial score (nSPS) is 12.0. The molecule has 0 radical (unpaired) electrons. The molecule has 1 atom stereocenters. The van der Waals surface area contributed by atoms with Crippen LogP contribution in [-0.2, 0) is 21.9 Å². The molecular formula is C23H27Cl3N2O2S. The molecular weight excluding hydrogens is 475 g/mol. The average molecular weight is 502 g/mol. The number of hydrogen-bond donors (Lipinski definition) is 1. The molecule has 168 valence electrons. The molecule has 4 nitrogen and oxygen atoms in total. The van der Waals surface area contributed by atoms with E-state index in [9.17, 15) is 9.59 Å². The number of nitrogens with one attached hydrogen (secondary N) is 1. The third-order valence-corrected chi connectivity index (χ3v) is 6.53. The second kappa shape index (κ2) is 12.6. The van der Waals surface area contributed by atoms with Crippen LogP contribution in [0.5, 0.6) is 0 Å². The Morgan fingerprint density at radius 3 is 2.39 bits per heavy atom. The van der Waals surface area contributed by atoms with Crippen LogP contribution < -0.4 is 5.32 Å². The number of thioether (sulfide) groups is 1. The Morgan fingerprint density at radius 2 is 1.74 bits per heavy atom. The molecule has 0 aliphatic heterocycles. The number of nitrogens with zero attached hydrogens (tertiary/aromatic N) is 1. The van der Waals surface area contributed by atoms with Crippen molar-refractivity contribution in [1.29, 1.82) is 0 Å². The molecule has 2 amide bonds. The molecule has 31 heavy (non-hydrogen) atoms. The van der Waals surface area contributed by atoms with E-state index >= 15 is 0 Å². The third-order valence-electron chi connectivity index (χ3n) is 4.57. The molecule has 0 aromatic heterocycles. The summed E-state index contributed by atoms with van der Waals surface area (Å²) in [5.41, 5.74) is 1.86. The Bertz CT molecular complexity index is 908. The minimum absolute atomic E-state index is 0.114. The maximum absolute atomic E-state index is 13.1. The van der Waals surface area contributed by atoms with Gasteiger partial charge in [-0.3, -0.25) is 9.59 Å². The molecule has 0 aliphatic carbocycles. The Morgan fingerprint density at radius 1 is 1.00 bits per heavy atom. The Balaban J connectivity index is 2.07. The lowest BCUT2D eigenvalue weighted by atomic mass is 10.1. The van der Waals surface area contributed by atoms with Crippen LogP contribution >= 0.6 is 46.6 Å². The van der Waals surface area contributed by atoms with Gasteiger partial charge in [0.1, 0.15) is 6.04 Å². The zero-order valence-electron chi connectivity index (χ0n) is 17.8. The van der Waals surface area contributed by atoms with E-state index in [4.69, 9.17) is 34.8 Å². The lowest BCUT2D eigenvalue weighted by Gasteiger charge is -2.29. The predicted molar refractivity (Wildman–Crippen MR) is 132 cm³/mol. The first-order valence-corrected chi connectivity index (χ1v) is 12.3. The molecule has 2 rings (SSSR count). The van der Waals surface area contributed by atoms with Crippen molar-refractivity contribution in [3.05, 3.63) is 68.7 Å². The Kier molecular flexibility index (Phi) is 10.5. The van der Waals surface area contributed by atoms with Crippen molar-refractivity contribution in [1.82, 2.24) is 10.2 Å². The number of halogens is 3. The summed E-state index contributed by atoms with van der Waals surface area (Å²) in [5, 5.41) is 4.50. The highest BCUT2D eigenvalue weighted by Crippen LogP contribution is 2.25. The summed E-state index contributed by atoms with van der Waals surface area (Å²) in [6.07, 6.45) is 0. The van der Waals surface area contributed by atoms with Gasteiger partial charge in [-0.1, -0.05) is 66.8 Å². The fourth-order valence-corrected chi connectivity index (χ4v) is 4.23. The Hall–Kier alpha value is -1.40. The van der Waals surface area contributed by atoms with E-state index in [1.807, 2.05) is 38.1 Å². The summed E-state index contributed by atoms with van der Waals surface area (Å²) >= 11 is 19.6. The highest BCUT2D eigenvalue weighted by atomic mass is 35.5. The number of hydrogen-bond acceptors (Lipinski definition) is 3. The smallest absolute Gasteiger partial charge is 0.242 e. The van der Waals surface area contributed by atoms with E-state index < -0.39 is 6.04 Å². The molecule has 0 fully saturated rings. The van der Waals surface area contributed by atoms with Crippen LogP contribution in [0.25, 0.3) is 0 Å². The molecule has 0 saturated carbocycles. The maximum Gasteiger partial charge on any atom is 0.242 e. The molecule has 0 spiro atoms. The van der Waals surface area contributed by atoms with Gasteiger partial charge in [0.2, 0.25) is 11.8 Å². The highest BCUT2D eigenvalue weighted by Gasteiger charge is 2.26. The molecule has 2 aromatic carbocycles. The van der Waals surface area contributed by atoms with Gasteiger partial charge in [-0.15, -0.1) is 11.8 Å². The van der Waals surface area contributed by atoms with E-state index in [2.05, 4.69) is 5.32 Å². The lowest BCUT2D eigenvalue weighted by Crippen LogP contribution is -2.48. The largest absolute Gasteiger partial charge is 0.354 e. The number of benzene rings is 2. The van der Waals surface area contributed by atoms with Crippen LogP contribution in [0.2, 0.25) is 15.1 Å². The standard InChI is InChI=1S/C23H27Cl3N2O2S/c1-15(2)11-27-23(30)16(3)28(12-17-5-4-6-19(24)9-17)22(29)14-31-13-18-7-8-20(25)21(26)10-18/h4-10,15-16H,11-14H2,1-3H3,(H,27,30)/t16-/m1/s1. The van der Waals surface area contributed by atoms with Crippen LogP contribution in [0.3, 0.4) is 0 Å². The quantitative estimate of drug-likeness (QED) is 0.430. The van der Waals surface area contributed by atoms with Gasteiger partial charge >= 0.3 is 0 Å². The highest BCUT2D eigenvalue weighted by molar-refractivity contribution is 7.99. The minimum Gasteiger partial charge on any atom is -0.354 e. The fraction of sp³-hybridized carbons (Fsp3) is 0.391. The average Bonchev–Trinajstić information content (AvgIpc) is 2.72. The van der Waals surface area contributed by atoms with E-state index in [0.717, 1.165) is 11.1 Å². The van der Waals surface area contributed by atoms with Crippen molar-refractivity contribution in [3.63, 3.8) is 0 Å². The number of carbonyl (C=O) groups is 2. The zero-order chi connectivity index (χ0) is 23.0. The van der Waals surface area contributed by atoms with Crippen molar-refractivity contribution in [3.8, 4) is 0 Å². The second-order valence-corrected chi connectivity index (χ2v) is 9.94. The van der Waals surface area contributed by atoms with Gasteiger partial charge in [0.25, 0.3) is 0 Å². The molecule has 0 unspecified atom stereocenters. The molecule has 0 heterocycles. The van der Waals surface area contributed by atoms with Crippen LogP contribution in [0.4, 0.5) is 0 Å². The summed E-state index contributed by atoms with van der Waals surface area (Å²) in [6.45, 7) is 6.68. The van der Waals surface area contributed by atoms with E-state index in [0.29, 0.717) is 39.8 Å². The lowest BCUT2D eigenvalue weighted by molar-refractivity contribution is -0.138. The SMILES string of the molecule is CC(C)CNC(=O)[C@@H](C)N(Cc1cccc(Cl)c1)C(=O)CSCc1ccc(Cl)c(Cl)c1. The van der Waals surface area contributed by atoms with Crippen LogP contribution in [-0.4, -0.2) is 35.1 Å². The molecule has 1 N–H and O–H groups in total. The third kappa shape index (κ3) is 8.57. The van der Waals surface area contributed by atoms with Gasteiger partial charge in [0, 0.05) is 23.9 Å². The summed E-state index contributed by atoms with van der Waals surface area (Å²) < 4.78 is 0. The van der Waals surface area contributed by atoms with Gasteiger partial charge in [-0.05, 0) is 48.2 Å². The summed E-state index contributed by atoms with van der Waals surface area (Å²) in [4.78, 5) is 27.3. The molecule has 0 bridgehead atoms. The number of carbonyl (C=O) groups excluding carboxylic acids is 2. The van der Waals surface area contributed by atoms with E-state index in [1.54, 1.807) is 30.0 Å². The van der Waals surface area contributed by atoms with E-state index in [-0.39, 0.29) is 17.6 Å². The predicted octanol–water partition coefficient (Wildman–Crippen LogP) is 6.07. The second-order valence-electron chi connectivity index (χ2n) is 7.71. The summed E-state index contributed by atoms with van der Waals surface area (Å²) in [7, 11) is 0. The van der Waals surface area contributed by atoms with Crippen molar-refractivity contribution >= 4 is 58.4 Å². The van der Waals surface area contributed by atoms with Crippen molar-refractivity contribution in [2.75, 3.05) is 12.3 Å². The summed E-state index contributed by atoms with van der Waals surface area (Å²) in [6, 6.07) is 12.2. The summed E-state index contributed by atoms with van der Waals surface area (Å²) in [5.74, 6) is 0.898. The van der Waals surface area contributed by atoms with E-state index in [1.165, 1.54) is 11.8 Å². The van der Waals surface area contributed by atoms with Crippen molar-refractivity contribution in [2.45, 2.75) is 39.1 Å². The van der Waals surface area contributed by atoms with Gasteiger partial charge in [-0.2, -0.15) is 0 Å². The monoisotopic (exact) mass is 500 g/mol. The minimum atomic E-state index is -0.601. The maximum atomic E-state index is 13.1. The molecule has 0 saturated heterocycles. The molecule has 2 aromatic rings. The van der Waals surface area contributed by atoms with Gasteiger partial charge in [0.15, 0.2) is 0 Å². The fourth-order valence-electron chi connectivity index (χ4n) is 2.84. The van der Waals surface area contributed by atoms with Crippen LogP contribution in [0, 0.1) is 5.92 Å². The molecule has 0 aliphatic rings. The molecule has 8 heteroatoms. The zero-order valence-corrected chi connectivity index (χ0v) is 20.9. The van der Waals surface area contributed by atoms with Gasteiger partial charge in [0.05, 0.1) is 15.8 Å². The van der Waals surface area contributed by atoms with Gasteiger partial charge in [-0.25, -0.2) is 0 Å². The van der Waals surface area contributed by atoms with Crippen LogP contribution in [0.15, 0.2) is 42.5 Å². The first-order chi connectivity index (χ1) is 14.7.